The van der Waals surface area contributed by atoms with Crippen molar-refractivity contribution in [3.05, 3.63) is 63.1 Å². The monoisotopic (exact) mass is 460 g/mol. The predicted octanol–water partition coefficient (Wildman–Crippen LogP) is 5.49. The molecule has 0 aliphatic rings. The molecule has 3 aromatic rings. The van der Waals surface area contributed by atoms with E-state index in [1.165, 1.54) is 29.5 Å². The van der Waals surface area contributed by atoms with Gasteiger partial charge in [-0.15, -0.1) is 11.3 Å². The zero-order chi connectivity index (χ0) is 21.2. The summed E-state index contributed by atoms with van der Waals surface area (Å²) in [6, 6.07) is 6.80. The van der Waals surface area contributed by atoms with Crippen LogP contribution in [0.15, 0.2) is 41.8 Å². The van der Waals surface area contributed by atoms with E-state index >= 15 is 0 Å². The molecule has 0 saturated carbocycles. The maximum absolute atomic E-state index is 13.1. The summed E-state index contributed by atoms with van der Waals surface area (Å²) in [6.07, 6.45) is -4.75. The van der Waals surface area contributed by atoms with Gasteiger partial charge in [-0.25, -0.2) is 14.8 Å². The van der Waals surface area contributed by atoms with Crippen molar-refractivity contribution in [1.29, 1.82) is 0 Å². The molecule has 3 amide bonds. The minimum atomic E-state index is -4.75. The molecule has 0 atom stereocenters. The minimum Gasteiger partial charge on any atom is -0.276 e. The van der Waals surface area contributed by atoms with Crippen LogP contribution in [0.25, 0.3) is 10.6 Å². The van der Waals surface area contributed by atoms with Gasteiger partial charge in [-0.2, -0.15) is 13.2 Å². The fourth-order valence-electron chi connectivity index (χ4n) is 2.14. The number of anilines is 1. The lowest BCUT2D eigenvalue weighted by Gasteiger charge is -2.11. The van der Waals surface area contributed by atoms with Crippen LogP contribution in [0.3, 0.4) is 0 Å². The van der Waals surface area contributed by atoms with Crippen LogP contribution in [-0.4, -0.2) is 21.9 Å². The smallest absolute Gasteiger partial charge is 0.276 e. The maximum Gasteiger partial charge on any atom is 0.433 e. The van der Waals surface area contributed by atoms with E-state index < -0.39 is 29.8 Å². The Kier molecular flexibility index (Phi) is 6.06. The molecule has 29 heavy (non-hydrogen) atoms. The first-order valence-corrected chi connectivity index (χ1v) is 9.34. The van der Waals surface area contributed by atoms with Gasteiger partial charge in [-0.05, 0) is 35.7 Å². The van der Waals surface area contributed by atoms with Crippen LogP contribution in [0.2, 0.25) is 10.0 Å². The zero-order valence-corrected chi connectivity index (χ0v) is 16.4. The number of thiophene rings is 1. The summed E-state index contributed by atoms with van der Waals surface area (Å²) in [6.45, 7) is 0. The van der Waals surface area contributed by atoms with Crippen molar-refractivity contribution in [3.8, 4) is 10.6 Å². The molecule has 0 saturated heterocycles. The summed E-state index contributed by atoms with van der Waals surface area (Å²) in [5.41, 5.74) is -1.23. The van der Waals surface area contributed by atoms with Gasteiger partial charge in [0.05, 0.1) is 20.6 Å². The van der Waals surface area contributed by atoms with Gasteiger partial charge >= 0.3 is 12.2 Å². The van der Waals surface area contributed by atoms with E-state index in [4.69, 9.17) is 23.2 Å². The first-order valence-electron chi connectivity index (χ1n) is 7.71. The number of rotatable bonds is 3. The first kappa shape index (κ1) is 21.0. The van der Waals surface area contributed by atoms with E-state index in [1.807, 2.05) is 10.6 Å². The predicted molar refractivity (Wildman–Crippen MR) is 103 cm³/mol. The third kappa shape index (κ3) is 5.22. The first-order chi connectivity index (χ1) is 13.6. The van der Waals surface area contributed by atoms with E-state index in [2.05, 4.69) is 9.97 Å². The topological polar surface area (TPSA) is 84.0 Å². The lowest BCUT2D eigenvalue weighted by molar-refractivity contribution is -0.141. The second kappa shape index (κ2) is 8.36. The summed E-state index contributed by atoms with van der Waals surface area (Å²) in [4.78, 5) is 31.8. The number of halogens is 5. The SMILES string of the molecule is O=C(NC(=O)c1ccc(Cl)c(Cl)c1)Nc1nc(-c2cccs2)cc(C(F)(F)F)n1. The van der Waals surface area contributed by atoms with E-state index in [0.29, 0.717) is 4.88 Å². The molecule has 150 valence electrons. The average Bonchev–Trinajstić information content (AvgIpc) is 3.17. The van der Waals surface area contributed by atoms with Crippen molar-refractivity contribution < 1.29 is 22.8 Å². The Balaban J connectivity index is 1.81. The molecule has 0 fully saturated rings. The molecule has 0 bridgehead atoms. The number of carbonyl (C=O) groups is 2. The van der Waals surface area contributed by atoms with Gasteiger partial charge in [0.15, 0.2) is 5.69 Å². The highest BCUT2D eigenvalue weighted by Gasteiger charge is 2.34. The van der Waals surface area contributed by atoms with Crippen LogP contribution in [-0.2, 0) is 6.18 Å². The van der Waals surface area contributed by atoms with Crippen molar-refractivity contribution in [2.45, 2.75) is 6.18 Å². The van der Waals surface area contributed by atoms with Crippen molar-refractivity contribution >= 4 is 52.4 Å². The van der Waals surface area contributed by atoms with Crippen LogP contribution in [0, 0.1) is 0 Å². The summed E-state index contributed by atoms with van der Waals surface area (Å²) in [7, 11) is 0. The van der Waals surface area contributed by atoms with Crippen LogP contribution in [0.4, 0.5) is 23.9 Å². The third-order valence-electron chi connectivity index (χ3n) is 3.42. The van der Waals surface area contributed by atoms with E-state index in [0.717, 1.165) is 6.07 Å². The highest BCUT2D eigenvalue weighted by Crippen LogP contribution is 2.32. The normalized spacial score (nSPS) is 11.2. The molecule has 2 N–H and O–H groups in total. The third-order valence-corrected chi connectivity index (χ3v) is 5.06. The fraction of sp³-hybridized carbons (Fsp3) is 0.0588. The number of imide groups is 1. The highest BCUT2D eigenvalue weighted by molar-refractivity contribution is 7.13. The summed E-state index contributed by atoms with van der Waals surface area (Å²) in [5, 5.41) is 5.97. The number of hydrogen-bond donors (Lipinski definition) is 2. The largest absolute Gasteiger partial charge is 0.433 e. The summed E-state index contributed by atoms with van der Waals surface area (Å²) >= 11 is 12.7. The van der Waals surface area contributed by atoms with Crippen molar-refractivity contribution in [3.63, 3.8) is 0 Å². The molecule has 2 aromatic heterocycles. The summed E-state index contributed by atoms with van der Waals surface area (Å²) in [5.74, 6) is -1.45. The number of alkyl halides is 3. The Morgan fingerprint density at radius 2 is 1.79 bits per heavy atom. The Labute approximate surface area is 175 Å². The molecule has 0 radical (unpaired) electrons. The second-order valence-corrected chi connectivity index (χ2v) is 7.24. The van der Waals surface area contributed by atoms with Crippen molar-refractivity contribution in [2.24, 2.45) is 0 Å². The van der Waals surface area contributed by atoms with E-state index in [9.17, 15) is 22.8 Å². The molecule has 1 aromatic carbocycles. The number of nitrogens with one attached hydrogen (secondary N) is 2. The molecule has 12 heteroatoms. The van der Waals surface area contributed by atoms with Gasteiger partial charge < -0.3 is 0 Å². The van der Waals surface area contributed by atoms with Gasteiger partial charge in [0.25, 0.3) is 5.91 Å². The second-order valence-electron chi connectivity index (χ2n) is 5.47. The van der Waals surface area contributed by atoms with Crippen molar-refractivity contribution in [2.75, 3.05) is 5.32 Å². The van der Waals surface area contributed by atoms with Gasteiger partial charge in [0.2, 0.25) is 5.95 Å². The molecular formula is C17H9Cl2F3N4O2S. The van der Waals surface area contributed by atoms with Crippen LogP contribution >= 0.6 is 34.5 Å². The Morgan fingerprint density at radius 1 is 1.03 bits per heavy atom. The number of carbonyl (C=O) groups excluding carboxylic acids is 2. The van der Waals surface area contributed by atoms with Crippen LogP contribution in [0.5, 0.6) is 0 Å². The molecule has 0 aliphatic heterocycles. The van der Waals surface area contributed by atoms with Gasteiger partial charge in [-0.1, -0.05) is 29.3 Å². The van der Waals surface area contributed by atoms with Crippen LogP contribution in [0.1, 0.15) is 16.1 Å². The lowest BCUT2D eigenvalue weighted by Crippen LogP contribution is -2.35. The number of benzene rings is 1. The maximum atomic E-state index is 13.1. The Morgan fingerprint density at radius 3 is 2.41 bits per heavy atom. The number of hydrogen-bond acceptors (Lipinski definition) is 5. The number of urea groups is 1. The molecule has 0 aliphatic carbocycles. The molecular weight excluding hydrogens is 452 g/mol. The van der Waals surface area contributed by atoms with Crippen LogP contribution < -0.4 is 10.6 Å². The number of nitrogens with zero attached hydrogens (tertiary/aromatic N) is 2. The quantitative estimate of drug-likeness (QED) is 0.540. The van der Waals surface area contributed by atoms with Gasteiger partial charge in [-0.3, -0.25) is 15.4 Å². The lowest BCUT2D eigenvalue weighted by atomic mass is 10.2. The average molecular weight is 461 g/mol. The molecule has 0 unspecified atom stereocenters. The Hall–Kier alpha value is -2.69. The van der Waals surface area contributed by atoms with E-state index in [1.54, 1.807) is 17.5 Å². The standard InChI is InChI=1S/C17H9Cl2F3N4O2S/c18-9-4-3-8(6-10(9)19)14(27)25-16(28)26-15-23-11(12-2-1-5-29-12)7-13(24-15)17(20,21)22/h1-7H,(H2,23,24,25,26,27,28). The Bertz CT molecular complexity index is 1080. The number of amides is 3. The van der Waals surface area contributed by atoms with Gasteiger partial charge in [0.1, 0.15) is 0 Å². The number of aromatic nitrogens is 2. The molecule has 0 spiro atoms. The highest BCUT2D eigenvalue weighted by atomic mass is 35.5. The van der Waals surface area contributed by atoms with Gasteiger partial charge in [0, 0.05) is 5.56 Å². The zero-order valence-electron chi connectivity index (χ0n) is 14.1. The molecule has 3 rings (SSSR count). The summed E-state index contributed by atoms with van der Waals surface area (Å²) < 4.78 is 39.4. The molecule has 6 nitrogen and oxygen atoms in total. The minimum absolute atomic E-state index is 0.0200. The fourth-order valence-corrected chi connectivity index (χ4v) is 3.13. The van der Waals surface area contributed by atoms with E-state index in [-0.39, 0.29) is 21.3 Å². The molecule has 2 heterocycles. The van der Waals surface area contributed by atoms with Crippen molar-refractivity contribution in [1.82, 2.24) is 15.3 Å².